The zero-order valence-electron chi connectivity index (χ0n) is 15.6. The van der Waals surface area contributed by atoms with Crippen molar-refractivity contribution in [3.8, 4) is 0 Å². The zero-order valence-corrected chi connectivity index (χ0v) is 15.6. The van der Waals surface area contributed by atoms with Crippen molar-refractivity contribution in [1.29, 1.82) is 0 Å². The lowest BCUT2D eigenvalue weighted by atomic mass is 9.77. The Morgan fingerprint density at radius 2 is 1.83 bits per heavy atom. The number of aliphatic hydroxyl groups is 1. The Morgan fingerprint density at radius 1 is 1.17 bits per heavy atom. The van der Waals surface area contributed by atoms with Crippen molar-refractivity contribution in [2.75, 3.05) is 19.7 Å². The molecule has 3 rings (SSSR count). The molecule has 1 aromatic carbocycles. The minimum Gasteiger partial charge on any atom is -0.465 e. The van der Waals surface area contributed by atoms with E-state index < -0.39 is 23.5 Å². The van der Waals surface area contributed by atoms with E-state index >= 15 is 0 Å². The highest BCUT2D eigenvalue weighted by Gasteiger charge is 2.71. The topological polar surface area (TPSA) is 49.8 Å². The number of carbonyl (C=O) groups excluding carboxylic acids is 1. The number of likely N-dealkylation sites (tertiary alicyclic amines) is 1. The van der Waals surface area contributed by atoms with Crippen LogP contribution in [0.2, 0.25) is 0 Å². The smallest absolute Gasteiger partial charge is 0.430 e. The van der Waals surface area contributed by atoms with Crippen LogP contribution in [0.15, 0.2) is 18.2 Å². The van der Waals surface area contributed by atoms with E-state index in [4.69, 9.17) is 4.74 Å². The van der Waals surface area contributed by atoms with E-state index in [0.717, 1.165) is 6.07 Å². The third-order valence-corrected chi connectivity index (χ3v) is 5.79. The zero-order chi connectivity index (χ0) is 21.6. The molecule has 0 aromatic heterocycles. The summed E-state index contributed by atoms with van der Waals surface area (Å²) in [4.78, 5) is 13.7. The van der Waals surface area contributed by atoms with Crippen LogP contribution in [0.1, 0.15) is 42.4 Å². The van der Waals surface area contributed by atoms with Gasteiger partial charge in [-0.05, 0) is 43.9 Å². The van der Waals surface area contributed by atoms with Crippen molar-refractivity contribution in [2.45, 2.75) is 56.1 Å². The lowest BCUT2D eigenvalue weighted by Gasteiger charge is -2.36. The van der Waals surface area contributed by atoms with Crippen LogP contribution in [0.25, 0.3) is 0 Å². The Hall–Kier alpha value is -1.81. The molecule has 10 heteroatoms. The third-order valence-electron chi connectivity index (χ3n) is 5.79. The molecule has 1 aromatic rings. The predicted octanol–water partition coefficient (Wildman–Crippen LogP) is 3.67. The average Bonchev–Trinajstić information content (AvgIpc) is 3.02. The summed E-state index contributed by atoms with van der Waals surface area (Å²) in [5.41, 5.74) is -5.11. The number of fused-ring (bicyclic) bond motifs is 3. The number of ether oxygens (including phenoxy) is 1. The first-order valence-electron chi connectivity index (χ1n) is 9.29. The SMILES string of the molecule is CCOC(=O)CN1CC[C@H]2c3ccc(C(O)(C(F)(F)F)C(F)(F)F)cc3CC[C@H]21. The normalized spacial score (nSPS) is 22.9. The highest BCUT2D eigenvalue weighted by molar-refractivity contribution is 5.71. The second-order valence-corrected chi connectivity index (χ2v) is 7.40. The number of alkyl halides is 6. The van der Waals surface area contributed by atoms with Gasteiger partial charge in [0.1, 0.15) is 0 Å². The van der Waals surface area contributed by atoms with E-state index in [1.165, 1.54) is 6.07 Å². The average molecular weight is 425 g/mol. The molecule has 4 nitrogen and oxygen atoms in total. The summed E-state index contributed by atoms with van der Waals surface area (Å²) in [7, 11) is 0. The van der Waals surface area contributed by atoms with Gasteiger partial charge >= 0.3 is 18.3 Å². The van der Waals surface area contributed by atoms with Gasteiger partial charge in [-0.2, -0.15) is 26.3 Å². The van der Waals surface area contributed by atoms with E-state index in [2.05, 4.69) is 0 Å². The number of hydrogen-bond donors (Lipinski definition) is 1. The van der Waals surface area contributed by atoms with Crippen molar-refractivity contribution in [2.24, 2.45) is 0 Å². The number of nitrogens with zero attached hydrogens (tertiary/aromatic N) is 1. The van der Waals surface area contributed by atoms with Gasteiger partial charge in [0.25, 0.3) is 5.60 Å². The van der Waals surface area contributed by atoms with Crippen LogP contribution in [0.3, 0.4) is 0 Å². The number of hydrogen-bond acceptors (Lipinski definition) is 4. The van der Waals surface area contributed by atoms with E-state index in [1.54, 1.807) is 6.92 Å². The van der Waals surface area contributed by atoms with Crippen molar-refractivity contribution >= 4 is 5.97 Å². The monoisotopic (exact) mass is 425 g/mol. The number of halogens is 6. The first-order chi connectivity index (χ1) is 13.4. The molecular formula is C19H21F6NO3. The number of rotatable bonds is 4. The van der Waals surface area contributed by atoms with Crippen LogP contribution in [0.5, 0.6) is 0 Å². The highest BCUT2D eigenvalue weighted by Crippen LogP contribution is 2.51. The van der Waals surface area contributed by atoms with Gasteiger partial charge in [-0.1, -0.05) is 18.2 Å². The minimum atomic E-state index is -5.90. The predicted molar refractivity (Wildman–Crippen MR) is 90.1 cm³/mol. The van der Waals surface area contributed by atoms with Crippen LogP contribution < -0.4 is 0 Å². The van der Waals surface area contributed by atoms with Crippen molar-refractivity contribution in [3.63, 3.8) is 0 Å². The van der Waals surface area contributed by atoms with E-state index in [9.17, 15) is 36.2 Å². The molecule has 1 N–H and O–H groups in total. The quantitative estimate of drug-likeness (QED) is 0.591. The maximum atomic E-state index is 13.1. The Bertz CT molecular complexity index is 762. The van der Waals surface area contributed by atoms with Crippen LogP contribution in [0.4, 0.5) is 26.3 Å². The molecule has 0 amide bonds. The first kappa shape index (κ1) is 21.9. The summed E-state index contributed by atoms with van der Waals surface area (Å²) in [5, 5.41) is 9.63. The Morgan fingerprint density at radius 3 is 2.41 bits per heavy atom. The number of carbonyl (C=O) groups is 1. The second kappa shape index (κ2) is 7.46. The van der Waals surface area contributed by atoms with Gasteiger partial charge in [0.2, 0.25) is 0 Å². The van der Waals surface area contributed by atoms with Gasteiger partial charge in [-0.3, -0.25) is 9.69 Å². The summed E-state index contributed by atoms with van der Waals surface area (Å²) in [6, 6.07) is 2.75. The van der Waals surface area contributed by atoms with Gasteiger partial charge in [0.15, 0.2) is 0 Å². The Labute approximate surface area is 163 Å². The Balaban J connectivity index is 1.89. The van der Waals surface area contributed by atoms with Crippen LogP contribution in [0, 0.1) is 0 Å². The van der Waals surface area contributed by atoms with Crippen LogP contribution in [-0.4, -0.2) is 54.1 Å². The second-order valence-electron chi connectivity index (χ2n) is 7.40. The lowest BCUT2D eigenvalue weighted by molar-refractivity contribution is -0.376. The molecule has 1 saturated heterocycles. The molecule has 0 radical (unpaired) electrons. The van der Waals surface area contributed by atoms with E-state index in [1.807, 2.05) is 4.90 Å². The summed E-state index contributed by atoms with van der Waals surface area (Å²) in [5.74, 6) is -0.457. The van der Waals surface area contributed by atoms with Crippen molar-refractivity contribution in [1.82, 2.24) is 4.90 Å². The number of esters is 1. The summed E-state index contributed by atoms with van der Waals surface area (Å²) < 4.78 is 83.8. The van der Waals surface area contributed by atoms with Crippen LogP contribution >= 0.6 is 0 Å². The number of aryl methyl sites for hydroxylation is 1. The van der Waals surface area contributed by atoms with E-state index in [0.29, 0.717) is 36.6 Å². The fourth-order valence-corrected chi connectivity index (χ4v) is 4.43. The fraction of sp³-hybridized carbons (Fsp3) is 0.632. The largest absolute Gasteiger partial charge is 0.465 e. The summed E-state index contributed by atoms with van der Waals surface area (Å²) in [6.07, 6.45) is -10.4. The van der Waals surface area contributed by atoms with Crippen molar-refractivity contribution < 1.29 is 41.0 Å². The van der Waals surface area contributed by atoms with Gasteiger partial charge in [0, 0.05) is 17.5 Å². The molecular weight excluding hydrogens is 404 g/mol. The minimum absolute atomic E-state index is 0.0260. The molecule has 0 bridgehead atoms. The van der Waals surface area contributed by atoms with E-state index in [-0.39, 0.29) is 37.5 Å². The molecule has 1 fully saturated rings. The molecule has 1 aliphatic carbocycles. The fourth-order valence-electron chi connectivity index (χ4n) is 4.43. The molecule has 2 atom stereocenters. The molecule has 1 heterocycles. The molecule has 162 valence electrons. The molecule has 29 heavy (non-hydrogen) atoms. The van der Waals surface area contributed by atoms with Gasteiger partial charge < -0.3 is 9.84 Å². The summed E-state index contributed by atoms with van der Waals surface area (Å²) in [6.45, 7) is 2.64. The lowest BCUT2D eigenvalue weighted by Crippen LogP contribution is -2.54. The molecule has 0 spiro atoms. The molecule has 0 saturated carbocycles. The van der Waals surface area contributed by atoms with Gasteiger partial charge in [-0.25, -0.2) is 0 Å². The molecule has 1 aliphatic heterocycles. The van der Waals surface area contributed by atoms with Crippen LogP contribution in [-0.2, 0) is 21.6 Å². The van der Waals surface area contributed by atoms with Gasteiger partial charge in [-0.15, -0.1) is 0 Å². The molecule has 2 aliphatic rings. The maximum absolute atomic E-state index is 13.1. The summed E-state index contributed by atoms with van der Waals surface area (Å²) >= 11 is 0. The maximum Gasteiger partial charge on any atom is 0.430 e. The molecule has 0 unspecified atom stereocenters. The first-order valence-corrected chi connectivity index (χ1v) is 9.29. The van der Waals surface area contributed by atoms with Gasteiger partial charge in [0.05, 0.1) is 13.2 Å². The standard InChI is InChI=1S/C19H21F6NO3/c1-2-29-16(27)10-26-8-7-14-13-5-4-12(9-11(13)3-6-15(14)26)17(28,18(20,21)22)19(23,24)25/h4-5,9,14-15,28H,2-3,6-8,10H2,1H3/t14-,15+/m0/s1. The highest BCUT2D eigenvalue weighted by atomic mass is 19.4. The Kier molecular flexibility index (Phi) is 5.63. The number of benzene rings is 1. The van der Waals surface area contributed by atoms with Crippen molar-refractivity contribution in [3.05, 3.63) is 34.9 Å². The third kappa shape index (κ3) is 3.72.